The Labute approximate surface area is 94.6 Å². The van der Waals surface area contributed by atoms with Gasteiger partial charge in [-0.05, 0) is 31.4 Å². The van der Waals surface area contributed by atoms with Gasteiger partial charge >= 0.3 is 0 Å². The van der Waals surface area contributed by atoms with E-state index in [-0.39, 0.29) is 5.91 Å². The Morgan fingerprint density at radius 3 is 3.19 bits per heavy atom. The summed E-state index contributed by atoms with van der Waals surface area (Å²) in [7, 11) is 0. The number of hydrogen-bond acceptors (Lipinski definition) is 3. The largest absolute Gasteiger partial charge is 0.472 e. The first-order valence-electron chi connectivity index (χ1n) is 5.89. The Kier molecular flexibility index (Phi) is 2.44. The van der Waals surface area contributed by atoms with Gasteiger partial charge in [-0.15, -0.1) is 0 Å². The van der Waals surface area contributed by atoms with Crippen molar-refractivity contribution in [3.63, 3.8) is 0 Å². The Morgan fingerprint density at radius 1 is 1.50 bits per heavy atom. The van der Waals surface area contributed by atoms with Crippen molar-refractivity contribution in [1.29, 1.82) is 0 Å². The lowest BCUT2D eigenvalue weighted by Gasteiger charge is -2.24. The van der Waals surface area contributed by atoms with E-state index in [1.807, 2.05) is 4.90 Å². The SMILES string of the molecule is O=C(c1ccoc1)N1C[C@@H]2CCCN[C@@H]2C1. The fourth-order valence-electron chi connectivity index (χ4n) is 2.78. The molecule has 4 heteroatoms. The van der Waals surface area contributed by atoms with Gasteiger partial charge in [0, 0.05) is 19.1 Å². The molecule has 2 atom stereocenters. The summed E-state index contributed by atoms with van der Waals surface area (Å²) in [5.74, 6) is 0.745. The van der Waals surface area contributed by atoms with Gasteiger partial charge in [-0.3, -0.25) is 4.79 Å². The van der Waals surface area contributed by atoms with E-state index in [1.165, 1.54) is 19.1 Å². The first-order chi connectivity index (χ1) is 7.84. The van der Waals surface area contributed by atoms with Gasteiger partial charge in [-0.25, -0.2) is 0 Å². The van der Waals surface area contributed by atoms with Gasteiger partial charge in [0.1, 0.15) is 6.26 Å². The van der Waals surface area contributed by atoms with Crippen LogP contribution in [0.15, 0.2) is 23.0 Å². The fourth-order valence-corrected chi connectivity index (χ4v) is 2.78. The first-order valence-corrected chi connectivity index (χ1v) is 5.89. The number of piperidine rings is 1. The highest BCUT2D eigenvalue weighted by molar-refractivity contribution is 5.94. The molecule has 4 nitrogen and oxygen atoms in total. The van der Waals surface area contributed by atoms with E-state index in [0.717, 1.165) is 19.6 Å². The summed E-state index contributed by atoms with van der Waals surface area (Å²) in [6.07, 6.45) is 5.55. The standard InChI is InChI=1S/C12H16N2O2/c15-12(10-3-5-16-8-10)14-6-9-2-1-4-13-11(9)7-14/h3,5,8-9,11,13H,1-2,4,6-7H2/t9-,11+/m0/s1. The zero-order valence-corrected chi connectivity index (χ0v) is 9.19. The van der Waals surface area contributed by atoms with Crippen molar-refractivity contribution in [3.8, 4) is 0 Å². The zero-order valence-electron chi connectivity index (χ0n) is 9.19. The number of likely N-dealkylation sites (tertiary alicyclic amines) is 1. The molecule has 1 amide bonds. The molecule has 0 unspecified atom stereocenters. The van der Waals surface area contributed by atoms with Crippen LogP contribution in [0.4, 0.5) is 0 Å². The average molecular weight is 220 g/mol. The molecule has 1 N–H and O–H groups in total. The van der Waals surface area contributed by atoms with Crippen molar-refractivity contribution >= 4 is 5.91 Å². The van der Waals surface area contributed by atoms with Gasteiger partial charge in [0.2, 0.25) is 0 Å². The molecular weight excluding hydrogens is 204 g/mol. The second-order valence-electron chi connectivity index (χ2n) is 4.69. The lowest BCUT2D eigenvalue weighted by atomic mass is 9.94. The van der Waals surface area contributed by atoms with E-state index in [9.17, 15) is 4.79 Å². The highest BCUT2D eigenvalue weighted by Crippen LogP contribution is 2.25. The Morgan fingerprint density at radius 2 is 2.44 bits per heavy atom. The molecule has 2 aliphatic rings. The van der Waals surface area contributed by atoms with Crippen LogP contribution >= 0.6 is 0 Å². The van der Waals surface area contributed by atoms with E-state index < -0.39 is 0 Å². The minimum Gasteiger partial charge on any atom is -0.472 e. The molecule has 86 valence electrons. The molecule has 0 spiro atoms. The molecule has 0 aromatic carbocycles. The summed E-state index contributed by atoms with van der Waals surface area (Å²) in [4.78, 5) is 14.0. The highest BCUT2D eigenvalue weighted by Gasteiger charge is 2.36. The minimum atomic E-state index is 0.102. The van der Waals surface area contributed by atoms with Crippen molar-refractivity contribution in [1.82, 2.24) is 10.2 Å². The summed E-state index contributed by atoms with van der Waals surface area (Å²) < 4.78 is 4.95. The molecule has 0 saturated carbocycles. The Balaban J connectivity index is 1.71. The van der Waals surface area contributed by atoms with Gasteiger partial charge in [0.15, 0.2) is 0 Å². The second kappa shape index (κ2) is 3.94. The Bertz CT molecular complexity index is 360. The van der Waals surface area contributed by atoms with Crippen molar-refractivity contribution in [2.45, 2.75) is 18.9 Å². The lowest BCUT2D eigenvalue weighted by molar-refractivity contribution is 0.0785. The number of amides is 1. The van der Waals surface area contributed by atoms with E-state index >= 15 is 0 Å². The predicted octanol–water partition coefficient (Wildman–Crippen LogP) is 1.10. The van der Waals surface area contributed by atoms with Gasteiger partial charge < -0.3 is 14.6 Å². The van der Waals surface area contributed by atoms with Crippen LogP contribution < -0.4 is 5.32 Å². The maximum Gasteiger partial charge on any atom is 0.257 e. The van der Waals surface area contributed by atoms with Crippen LogP contribution in [0.2, 0.25) is 0 Å². The van der Waals surface area contributed by atoms with E-state index in [1.54, 1.807) is 12.3 Å². The molecule has 1 aromatic heterocycles. The quantitative estimate of drug-likeness (QED) is 0.771. The average Bonchev–Trinajstić information content (AvgIpc) is 2.97. The third kappa shape index (κ3) is 1.63. The van der Waals surface area contributed by atoms with Gasteiger partial charge in [-0.1, -0.05) is 0 Å². The molecule has 1 aromatic rings. The van der Waals surface area contributed by atoms with Gasteiger partial charge in [0.05, 0.1) is 11.8 Å². The first kappa shape index (κ1) is 9.90. The zero-order chi connectivity index (χ0) is 11.0. The summed E-state index contributed by atoms with van der Waals surface area (Å²) in [5.41, 5.74) is 0.665. The van der Waals surface area contributed by atoms with E-state index in [4.69, 9.17) is 4.42 Å². The predicted molar refractivity (Wildman–Crippen MR) is 59.1 cm³/mol. The van der Waals surface area contributed by atoms with Gasteiger partial charge in [0.25, 0.3) is 5.91 Å². The number of carbonyl (C=O) groups excluding carboxylic acids is 1. The number of nitrogens with zero attached hydrogens (tertiary/aromatic N) is 1. The van der Waals surface area contributed by atoms with Gasteiger partial charge in [-0.2, -0.15) is 0 Å². The molecule has 2 aliphatic heterocycles. The van der Waals surface area contributed by atoms with Crippen molar-refractivity contribution in [2.75, 3.05) is 19.6 Å². The second-order valence-corrected chi connectivity index (χ2v) is 4.69. The molecule has 2 fully saturated rings. The maximum atomic E-state index is 12.1. The molecule has 3 heterocycles. The van der Waals surface area contributed by atoms with Crippen molar-refractivity contribution in [2.24, 2.45) is 5.92 Å². The van der Waals surface area contributed by atoms with Crippen LogP contribution in [0.3, 0.4) is 0 Å². The van der Waals surface area contributed by atoms with E-state index in [2.05, 4.69) is 5.32 Å². The van der Waals surface area contributed by atoms with Crippen molar-refractivity contribution in [3.05, 3.63) is 24.2 Å². The van der Waals surface area contributed by atoms with Crippen LogP contribution in [0.25, 0.3) is 0 Å². The Hall–Kier alpha value is -1.29. The number of fused-ring (bicyclic) bond motifs is 1. The number of hydrogen-bond donors (Lipinski definition) is 1. The summed E-state index contributed by atoms with van der Waals surface area (Å²) in [5, 5.41) is 3.49. The maximum absolute atomic E-state index is 12.1. The topological polar surface area (TPSA) is 45.5 Å². The molecular formula is C12H16N2O2. The summed E-state index contributed by atoms with van der Waals surface area (Å²) >= 11 is 0. The summed E-state index contributed by atoms with van der Waals surface area (Å²) in [6, 6.07) is 2.24. The number of carbonyl (C=O) groups is 1. The van der Waals surface area contributed by atoms with Crippen molar-refractivity contribution < 1.29 is 9.21 Å². The van der Waals surface area contributed by atoms with Crippen LogP contribution in [-0.2, 0) is 0 Å². The third-order valence-corrected chi connectivity index (χ3v) is 3.65. The fraction of sp³-hybridized carbons (Fsp3) is 0.583. The van der Waals surface area contributed by atoms with E-state index in [0.29, 0.717) is 17.5 Å². The van der Waals surface area contributed by atoms with Crippen LogP contribution in [0.5, 0.6) is 0 Å². The highest BCUT2D eigenvalue weighted by atomic mass is 16.3. The molecule has 0 radical (unpaired) electrons. The molecule has 3 rings (SSSR count). The monoisotopic (exact) mass is 220 g/mol. The molecule has 2 saturated heterocycles. The minimum absolute atomic E-state index is 0.102. The lowest BCUT2D eigenvalue weighted by Crippen LogP contribution is -2.41. The number of rotatable bonds is 1. The number of furan rings is 1. The third-order valence-electron chi connectivity index (χ3n) is 3.65. The molecule has 0 aliphatic carbocycles. The van der Waals surface area contributed by atoms with Crippen LogP contribution in [0.1, 0.15) is 23.2 Å². The molecule has 16 heavy (non-hydrogen) atoms. The number of nitrogens with one attached hydrogen (secondary N) is 1. The normalized spacial score (nSPS) is 29.1. The molecule has 0 bridgehead atoms. The van der Waals surface area contributed by atoms with Crippen LogP contribution in [-0.4, -0.2) is 36.5 Å². The smallest absolute Gasteiger partial charge is 0.257 e. The van der Waals surface area contributed by atoms with Crippen LogP contribution in [0, 0.1) is 5.92 Å². The summed E-state index contributed by atoms with van der Waals surface area (Å²) in [6.45, 7) is 2.82.